The van der Waals surface area contributed by atoms with Crippen molar-refractivity contribution in [1.82, 2.24) is 10.4 Å². The SMILES string of the molecule is C/C(=N/NC(=O)c1cc(Br)c[nH]1)c1ccco1. The number of carbonyl (C=O) groups excluding carboxylic acids is 1. The molecule has 2 N–H and O–H groups in total. The van der Waals surface area contributed by atoms with Gasteiger partial charge in [0.05, 0.1) is 6.26 Å². The fourth-order valence-corrected chi connectivity index (χ4v) is 1.58. The highest BCUT2D eigenvalue weighted by Crippen LogP contribution is 2.10. The van der Waals surface area contributed by atoms with Gasteiger partial charge in [0.25, 0.3) is 5.91 Å². The van der Waals surface area contributed by atoms with Gasteiger partial charge in [-0.05, 0) is 41.1 Å². The maximum Gasteiger partial charge on any atom is 0.287 e. The maximum atomic E-state index is 11.6. The van der Waals surface area contributed by atoms with Crippen molar-refractivity contribution >= 4 is 27.5 Å². The maximum absolute atomic E-state index is 11.6. The van der Waals surface area contributed by atoms with Gasteiger partial charge < -0.3 is 9.40 Å². The minimum absolute atomic E-state index is 0.304. The number of H-pyrrole nitrogens is 1. The van der Waals surface area contributed by atoms with Crippen molar-refractivity contribution in [2.45, 2.75) is 6.92 Å². The van der Waals surface area contributed by atoms with Gasteiger partial charge in [0, 0.05) is 10.7 Å². The molecule has 0 aromatic carbocycles. The number of carbonyl (C=O) groups is 1. The Morgan fingerprint density at radius 1 is 1.59 bits per heavy atom. The predicted octanol–water partition coefficient (Wildman–Crippen LogP) is 2.52. The minimum Gasteiger partial charge on any atom is -0.463 e. The summed E-state index contributed by atoms with van der Waals surface area (Å²) in [5, 5.41) is 3.94. The number of hydrazone groups is 1. The van der Waals surface area contributed by atoms with Crippen molar-refractivity contribution in [1.29, 1.82) is 0 Å². The summed E-state index contributed by atoms with van der Waals surface area (Å²) in [6.07, 6.45) is 3.23. The Hall–Kier alpha value is -1.82. The average Bonchev–Trinajstić information content (AvgIpc) is 2.95. The highest BCUT2D eigenvalue weighted by Gasteiger charge is 2.07. The van der Waals surface area contributed by atoms with Crippen LogP contribution in [0.5, 0.6) is 0 Å². The highest BCUT2D eigenvalue weighted by molar-refractivity contribution is 9.10. The van der Waals surface area contributed by atoms with Crippen LogP contribution in [-0.4, -0.2) is 16.6 Å². The second-order valence-corrected chi connectivity index (χ2v) is 4.26. The zero-order valence-electron chi connectivity index (χ0n) is 9.03. The van der Waals surface area contributed by atoms with Crippen LogP contribution >= 0.6 is 15.9 Å². The minimum atomic E-state index is -0.304. The molecule has 0 saturated heterocycles. The van der Waals surface area contributed by atoms with Gasteiger partial charge in [-0.1, -0.05) is 0 Å². The van der Waals surface area contributed by atoms with Gasteiger partial charge in [-0.15, -0.1) is 0 Å². The smallest absolute Gasteiger partial charge is 0.287 e. The van der Waals surface area contributed by atoms with E-state index in [-0.39, 0.29) is 5.91 Å². The largest absolute Gasteiger partial charge is 0.463 e. The summed E-state index contributed by atoms with van der Waals surface area (Å²) in [5.41, 5.74) is 3.48. The molecule has 2 heterocycles. The number of aromatic nitrogens is 1. The first kappa shape index (κ1) is 11.7. The Kier molecular flexibility index (Phi) is 3.43. The Bertz CT molecular complexity index is 543. The Morgan fingerprint density at radius 3 is 3.00 bits per heavy atom. The standard InChI is InChI=1S/C11H10BrN3O2/c1-7(10-3-2-4-17-10)14-15-11(16)9-5-8(12)6-13-9/h2-6,13H,1H3,(H,15,16)/b14-7-. The van der Waals surface area contributed by atoms with Gasteiger partial charge in [0.2, 0.25) is 0 Å². The van der Waals surface area contributed by atoms with Gasteiger partial charge in [0.1, 0.15) is 17.2 Å². The molecule has 88 valence electrons. The van der Waals surface area contributed by atoms with Crippen LogP contribution < -0.4 is 5.43 Å². The summed E-state index contributed by atoms with van der Waals surface area (Å²) in [4.78, 5) is 14.4. The van der Waals surface area contributed by atoms with E-state index in [9.17, 15) is 4.79 Å². The van der Waals surface area contributed by atoms with Gasteiger partial charge in [-0.3, -0.25) is 4.79 Å². The van der Waals surface area contributed by atoms with E-state index in [1.54, 1.807) is 37.6 Å². The lowest BCUT2D eigenvalue weighted by Crippen LogP contribution is -2.19. The molecule has 0 aliphatic carbocycles. The third kappa shape index (κ3) is 2.85. The number of halogens is 1. The molecule has 0 spiro atoms. The molecular weight excluding hydrogens is 286 g/mol. The third-order valence-electron chi connectivity index (χ3n) is 2.10. The molecular formula is C11H10BrN3O2. The lowest BCUT2D eigenvalue weighted by atomic mass is 10.3. The number of rotatable bonds is 3. The van der Waals surface area contributed by atoms with E-state index in [0.717, 1.165) is 4.47 Å². The molecule has 2 rings (SSSR count). The van der Waals surface area contributed by atoms with Gasteiger partial charge in [-0.2, -0.15) is 5.10 Å². The molecule has 17 heavy (non-hydrogen) atoms. The number of hydrogen-bond donors (Lipinski definition) is 2. The predicted molar refractivity (Wildman–Crippen MR) is 66.9 cm³/mol. The van der Waals surface area contributed by atoms with Crippen LogP contribution in [0.15, 0.2) is 44.7 Å². The number of hydrogen-bond acceptors (Lipinski definition) is 3. The summed E-state index contributed by atoms with van der Waals surface area (Å²) in [5.74, 6) is 0.319. The van der Waals surface area contributed by atoms with Crippen LogP contribution in [0.3, 0.4) is 0 Å². The highest BCUT2D eigenvalue weighted by atomic mass is 79.9. The topological polar surface area (TPSA) is 70.4 Å². The molecule has 0 saturated carbocycles. The monoisotopic (exact) mass is 295 g/mol. The van der Waals surface area contributed by atoms with E-state index >= 15 is 0 Å². The average molecular weight is 296 g/mol. The Labute approximate surface area is 106 Å². The molecule has 2 aromatic heterocycles. The molecule has 2 aromatic rings. The van der Waals surface area contributed by atoms with E-state index in [1.807, 2.05) is 0 Å². The second kappa shape index (κ2) is 5.01. The molecule has 0 aliphatic heterocycles. The number of nitrogens with one attached hydrogen (secondary N) is 2. The molecule has 6 heteroatoms. The van der Waals surface area contributed by atoms with E-state index in [4.69, 9.17) is 4.42 Å². The summed E-state index contributed by atoms with van der Waals surface area (Å²) >= 11 is 3.25. The Morgan fingerprint density at radius 2 is 2.41 bits per heavy atom. The van der Waals surface area contributed by atoms with Crippen molar-refractivity contribution in [2.75, 3.05) is 0 Å². The van der Waals surface area contributed by atoms with E-state index in [0.29, 0.717) is 17.2 Å². The van der Waals surface area contributed by atoms with Crippen molar-refractivity contribution in [3.05, 3.63) is 46.6 Å². The number of aromatic amines is 1. The fraction of sp³-hybridized carbons (Fsp3) is 0.0909. The van der Waals surface area contributed by atoms with Gasteiger partial charge >= 0.3 is 0 Å². The third-order valence-corrected chi connectivity index (χ3v) is 2.55. The molecule has 0 aliphatic rings. The first-order valence-corrected chi connectivity index (χ1v) is 5.68. The van der Waals surface area contributed by atoms with Crippen LogP contribution in [0.4, 0.5) is 0 Å². The molecule has 5 nitrogen and oxygen atoms in total. The zero-order valence-corrected chi connectivity index (χ0v) is 10.6. The van der Waals surface area contributed by atoms with E-state index in [1.165, 1.54) is 0 Å². The molecule has 0 unspecified atom stereocenters. The molecule has 0 radical (unpaired) electrons. The number of amides is 1. The normalized spacial score (nSPS) is 11.5. The summed E-state index contributed by atoms with van der Waals surface area (Å²) < 4.78 is 5.95. The number of furan rings is 1. The molecule has 0 bridgehead atoms. The van der Waals surface area contributed by atoms with Gasteiger partial charge in [-0.25, -0.2) is 5.43 Å². The first-order chi connectivity index (χ1) is 8.16. The molecule has 1 amide bonds. The molecule has 0 atom stereocenters. The molecule has 0 fully saturated rings. The fourth-order valence-electron chi connectivity index (χ4n) is 1.23. The lowest BCUT2D eigenvalue weighted by molar-refractivity contribution is 0.0950. The van der Waals surface area contributed by atoms with E-state index in [2.05, 4.69) is 31.4 Å². The van der Waals surface area contributed by atoms with Crippen LogP contribution in [0.1, 0.15) is 23.2 Å². The van der Waals surface area contributed by atoms with E-state index < -0.39 is 0 Å². The van der Waals surface area contributed by atoms with Crippen molar-refractivity contribution in [2.24, 2.45) is 5.10 Å². The van der Waals surface area contributed by atoms with Crippen molar-refractivity contribution in [3.63, 3.8) is 0 Å². The van der Waals surface area contributed by atoms with Gasteiger partial charge in [0.15, 0.2) is 0 Å². The van der Waals surface area contributed by atoms with Crippen molar-refractivity contribution in [3.8, 4) is 0 Å². The summed E-state index contributed by atoms with van der Waals surface area (Å²) in [6.45, 7) is 1.75. The Balaban J connectivity index is 2.03. The van der Waals surface area contributed by atoms with Crippen LogP contribution in [0.25, 0.3) is 0 Å². The van der Waals surface area contributed by atoms with Crippen LogP contribution in [0, 0.1) is 0 Å². The second-order valence-electron chi connectivity index (χ2n) is 3.35. The van der Waals surface area contributed by atoms with Crippen molar-refractivity contribution < 1.29 is 9.21 Å². The zero-order chi connectivity index (χ0) is 12.3. The lowest BCUT2D eigenvalue weighted by Gasteiger charge is -1.98. The quantitative estimate of drug-likeness (QED) is 0.675. The summed E-state index contributed by atoms with van der Waals surface area (Å²) in [7, 11) is 0. The van der Waals surface area contributed by atoms with Crippen LogP contribution in [0.2, 0.25) is 0 Å². The summed E-state index contributed by atoms with van der Waals surface area (Å²) in [6, 6.07) is 5.21. The number of nitrogens with zero attached hydrogens (tertiary/aromatic N) is 1. The van der Waals surface area contributed by atoms with Crippen LogP contribution in [-0.2, 0) is 0 Å². The first-order valence-electron chi connectivity index (χ1n) is 4.89.